The van der Waals surface area contributed by atoms with E-state index < -0.39 is 0 Å². The lowest BCUT2D eigenvalue weighted by Gasteiger charge is -2.42. The highest BCUT2D eigenvalue weighted by Crippen LogP contribution is 2.25. The van der Waals surface area contributed by atoms with E-state index in [0.717, 1.165) is 38.0 Å². The zero-order chi connectivity index (χ0) is 28.6. The average molecular weight is 553 g/mol. The number of hydrogen-bond donors (Lipinski definition) is 3. The van der Waals surface area contributed by atoms with E-state index >= 15 is 0 Å². The van der Waals surface area contributed by atoms with Gasteiger partial charge in [0.1, 0.15) is 5.84 Å². The summed E-state index contributed by atoms with van der Waals surface area (Å²) in [5.74, 6) is 0.352. The van der Waals surface area contributed by atoms with Crippen molar-refractivity contribution in [2.24, 2.45) is 11.7 Å². The average Bonchev–Trinajstić information content (AvgIpc) is 3.00. The Morgan fingerprint density at radius 1 is 0.902 bits per heavy atom. The van der Waals surface area contributed by atoms with Crippen LogP contribution >= 0.6 is 0 Å². The molecule has 3 aromatic rings. The second-order valence-electron chi connectivity index (χ2n) is 11.2. The molecule has 0 aliphatic carbocycles. The molecule has 214 valence electrons. The van der Waals surface area contributed by atoms with E-state index in [2.05, 4.69) is 34.5 Å². The number of nitrogens with zero attached hydrogens (tertiary/aromatic N) is 3. The number of likely N-dealkylation sites (tertiary alicyclic amines) is 1. The van der Waals surface area contributed by atoms with Crippen LogP contribution in [0.5, 0.6) is 0 Å². The summed E-state index contributed by atoms with van der Waals surface area (Å²) in [5, 5.41) is 11.0. The van der Waals surface area contributed by atoms with Gasteiger partial charge in [-0.1, -0.05) is 72.8 Å². The fourth-order valence-electron chi connectivity index (χ4n) is 5.85. The number of amides is 3. The van der Waals surface area contributed by atoms with E-state index in [9.17, 15) is 9.59 Å². The number of benzene rings is 3. The minimum Gasteiger partial charge on any atom is -0.384 e. The fraction of sp³-hybridized carbons (Fsp3) is 0.364. The number of rotatable bonds is 10. The smallest absolute Gasteiger partial charge is 0.324 e. The van der Waals surface area contributed by atoms with Gasteiger partial charge in [0.15, 0.2) is 0 Å². The number of piperidine rings is 1. The predicted octanol–water partition coefficient (Wildman–Crippen LogP) is 4.24. The topological polar surface area (TPSA) is 106 Å². The summed E-state index contributed by atoms with van der Waals surface area (Å²) < 4.78 is 0. The first-order chi connectivity index (χ1) is 19.9. The lowest BCUT2D eigenvalue weighted by Crippen LogP contribution is -2.61. The number of nitrogens with two attached hydrogens (primary N) is 1. The van der Waals surface area contributed by atoms with Gasteiger partial charge >= 0.3 is 6.03 Å². The Hall–Kier alpha value is -4.17. The first kappa shape index (κ1) is 28.4. The SMILES string of the molecule is N=C(N)c1cccc(N2CC(NC(=O)CCc3ccccc3)CN(CC3CCN(Cc4ccccc4)CC3)C2=O)c1. The van der Waals surface area contributed by atoms with Crippen LogP contribution in [-0.4, -0.2) is 66.3 Å². The molecule has 1 atom stereocenters. The summed E-state index contributed by atoms with van der Waals surface area (Å²) >= 11 is 0. The molecule has 2 fully saturated rings. The highest BCUT2D eigenvalue weighted by atomic mass is 16.2. The second kappa shape index (κ2) is 13.5. The van der Waals surface area contributed by atoms with E-state index in [-0.39, 0.29) is 23.8 Å². The number of anilines is 1. The molecule has 0 aromatic heterocycles. The molecule has 8 heteroatoms. The van der Waals surface area contributed by atoms with Gasteiger partial charge in [-0.25, -0.2) is 4.79 Å². The summed E-state index contributed by atoms with van der Waals surface area (Å²) in [6, 6.07) is 27.5. The molecule has 2 aliphatic rings. The van der Waals surface area contributed by atoms with Gasteiger partial charge in [-0.05, 0) is 61.5 Å². The minimum atomic E-state index is -0.199. The number of nitrogen functional groups attached to an aromatic ring is 1. The largest absolute Gasteiger partial charge is 0.384 e. The number of aryl methyl sites for hydroxylation is 1. The maximum absolute atomic E-state index is 13.8. The van der Waals surface area contributed by atoms with Gasteiger partial charge in [-0.3, -0.25) is 20.0 Å². The quantitative estimate of drug-likeness (QED) is 0.258. The monoisotopic (exact) mass is 552 g/mol. The van der Waals surface area contributed by atoms with Gasteiger partial charge < -0.3 is 16.0 Å². The van der Waals surface area contributed by atoms with Crippen LogP contribution in [-0.2, 0) is 17.8 Å². The lowest BCUT2D eigenvalue weighted by molar-refractivity contribution is -0.121. The molecule has 3 aromatic carbocycles. The number of amidine groups is 1. The fourth-order valence-corrected chi connectivity index (χ4v) is 5.85. The Bertz CT molecular complexity index is 1320. The van der Waals surface area contributed by atoms with Crippen molar-refractivity contribution in [2.45, 2.75) is 38.3 Å². The number of carbonyl (C=O) groups is 2. The molecule has 5 rings (SSSR count). The molecular weight excluding hydrogens is 512 g/mol. The Kier molecular flexibility index (Phi) is 9.31. The van der Waals surface area contributed by atoms with Gasteiger partial charge in [0, 0.05) is 43.9 Å². The van der Waals surface area contributed by atoms with Crippen molar-refractivity contribution in [3.63, 3.8) is 0 Å². The van der Waals surface area contributed by atoms with Gasteiger partial charge in [-0.2, -0.15) is 0 Å². The molecule has 3 amide bonds. The normalized spacial score (nSPS) is 18.3. The van der Waals surface area contributed by atoms with Gasteiger partial charge in [-0.15, -0.1) is 0 Å². The molecule has 1 unspecified atom stereocenters. The maximum atomic E-state index is 13.8. The maximum Gasteiger partial charge on any atom is 0.324 e. The van der Waals surface area contributed by atoms with E-state index in [0.29, 0.717) is 49.6 Å². The van der Waals surface area contributed by atoms with E-state index in [1.165, 1.54) is 5.56 Å². The van der Waals surface area contributed by atoms with E-state index in [4.69, 9.17) is 11.1 Å². The van der Waals surface area contributed by atoms with E-state index in [1.54, 1.807) is 17.0 Å². The summed E-state index contributed by atoms with van der Waals surface area (Å²) in [6.45, 7) is 4.49. The molecule has 0 saturated carbocycles. The molecule has 41 heavy (non-hydrogen) atoms. The van der Waals surface area contributed by atoms with E-state index in [1.807, 2.05) is 53.4 Å². The van der Waals surface area contributed by atoms with Crippen LogP contribution in [0.2, 0.25) is 0 Å². The van der Waals surface area contributed by atoms with Crippen molar-refractivity contribution < 1.29 is 9.59 Å². The van der Waals surface area contributed by atoms with Crippen LogP contribution in [0.3, 0.4) is 0 Å². The first-order valence-electron chi connectivity index (χ1n) is 14.5. The van der Waals surface area contributed by atoms with Crippen LogP contribution < -0.4 is 16.0 Å². The molecule has 2 saturated heterocycles. The molecule has 2 heterocycles. The molecule has 8 nitrogen and oxygen atoms in total. The van der Waals surface area contributed by atoms with Crippen molar-refractivity contribution in [1.29, 1.82) is 5.41 Å². The van der Waals surface area contributed by atoms with Crippen LogP contribution in [0.1, 0.15) is 36.0 Å². The highest BCUT2D eigenvalue weighted by molar-refractivity contribution is 5.98. The number of nitrogens with one attached hydrogen (secondary N) is 2. The van der Waals surface area contributed by atoms with Gasteiger partial charge in [0.05, 0.1) is 6.04 Å². The highest BCUT2D eigenvalue weighted by Gasteiger charge is 2.35. The lowest BCUT2D eigenvalue weighted by atomic mass is 9.95. The number of hydrogen-bond acceptors (Lipinski definition) is 4. The third-order valence-electron chi connectivity index (χ3n) is 8.10. The molecular formula is C33H40N6O2. The first-order valence-corrected chi connectivity index (χ1v) is 14.5. The third-order valence-corrected chi connectivity index (χ3v) is 8.10. The van der Waals surface area contributed by atoms with Crippen molar-refractivity contribution in [1.82, 2.24) is 15.1 Å². The predicted molar refractivity (Wildman–Crippen MR) is 163 cm³/mol. The molecule has 4 N–H and O–H groups in total. The molecule has 0 radical (unpaired) electrons. The van der Waals surface area contributed by atoms with Crippen molar-refractivity contribution in [2.75, 3.05) is 37.6 Å². The summed E-state index contributed by atoms with van der Waals surface area (Å²) in [7, 11) is 0. The summed E-state index contributed by atoms with van der Waals surface area (Å²) in [6.07, 6.45) is 3.14. The van der Waals surface area contributed by atoms with Crippen LogP contribution in [0, 0.1) is 11.3 Å². The second-order valence-corrected chi connectivity index (χ2v) is 11.2. The van der Waals surface area contributed by atoms with Crippen molar-refractivity contribution in [3.05, 3.63) is 102 Å². The van der Waals surface area contributed by atoms with Crippen molar-refractivity contribution in [3.8, 4) is 0 Å². The van der Waals surface area contributed by atoms with Crippen molar-refractivity contribution >= 4 is 23.5 Å². The third kappa shape index (κ3) is 7.73. The van der Waals surface area contributed by atoms with Gasteiger partial charge in [0.25, 0.3) is 0 Å². The molecule has 0 bridgehead atoms. The summed E-state index contributed by atoms with van der Waals surface area (Å²) in [5.41, 5.74) is 9.45. The standard InChI is InChI=1S/C33H40N6O2/c34-32(35)28-12-7-13-30(20-28)39-24-29(36-31(40)15-14-25-8-3-1-4-9-25)23-38(33(39)41)22-27-16-18-37(19-17-27)21-26-10-5-2-6-11-26/h1-13,20,27,29H,14-19,21-24H2,(H3,34,35)(H,36,40). The minimum absolute atomic E-state index is 0.0141. The number of urea groups is 1. The Morgan fingerprint density at radius 2 is 1.59 bits per heavy atom. The zero-order valence-corrected chi connectivity index (χ0v) is 23.5. The van der Waals surface area contributed by atoms with Gasteiger partial charge in [0.2, 0.25) is 5.91 Å². The Labute approximate surface area is 242 Å². The summed E-state index contributed by atoms with van der Waals surface area (Å²) in [4.78, 5) is 32.8. The zero-order valence-electron chi connectivity index (χ0n) is 23.5. The van der Waals surface area contributed by atoms with Crippen LogP contribution in [0.4, 0.5) is 10.5 Å². The molecule has 0 spiro atoms. The number of carbonyl (C=O) groups excluding carboxylic acids is 2. The van der Waals surface area contributed by atoms with Crippen LogP contribution in [0.15, 0.2) is 84.9 Å². The Morgan fingerprint density at radius 3 is 2.27 bits per heavy atom. The molecule has 2 aliphatic heterocycles. The Balaban J connectivity index is 1.24. The van der Waals surface area contributed by atoms with Crippen LogP contribution in [0.25, 0.3) is 0 Å².